The van der Waals surface area contributed by atoms with Gasteiger partial charge in [-0.25, -0.2) is 9.29 Å². The number of nitrogens with two attached hydrogens (primary N) is 1. The number of amides is 2. The molecule has 0 saturated carbocycles. The normalized spacial score (nSPS) is 20.8. The number of nitrogens with zero attached hydrogens (tertiary/aromatic N) is 3. The number of anilines is 1. The minimum Gasteiger partial charge on any atom is -0.398 e. The highest BCUT2D eigenvalue weighted by Gasteiger charge is 2.56. The second-order valence-electron chi connectivity index (χ2n) is 4.81. The Morgan fingerprint density at radius 2 is 2.16 bits per heavy atom. The largest absolute Gasteiger partial charge is 0.398 e. The van der Waals surface area contributed by atoms with Crippen LogP contribution in [-0.2, 0) is 29.5 Å². The molecule has 1 aromatic heterocycles. The van der Waals surface area contributed by atoms with E-state index in [1.165, 1.54) is 12.5 Å². The first kappa shape index (κ1) is 18.8. The van der Waals surface area contributed by atoms with Crippen molar-refractivity contribution >= 4 is 50.1 Å². The van der Waals surface area contributed by atoms with Crippen LogP contribution in [0.25, 0.3) is 0 Å². The molecule has 2 amide bonds. The van der Waals surface area contributed by atoms with Crippen molar-refractivity contribution < 1.29 is 32.2 Å². The van der Waals surface area contributed by atoms with Crippen molar-refractivity contribution in [1.82, 2.24) is 14.6 Å². The molecule has 1 aliphatic rings. The van der Waals surface area contributed by atoms with Crippen LogP contribution in [-0.4, -0.2) is 64.8 Å². The second kappa shape index (κ2) is 6.73. The van der Waals surface area contributed by atoms with E-state index in [9.17, 15) is 22.8 Å². The molecule has 12 nitrogen and oxygen atoms in total. The molecule has 4 N–H and O–H groups in total. The predicted octanol–water partition coefficient (Wildman–Crippen LogP) is -1.84. The molecule has 25 heavy (non-hydrogen) atoms. The number of rotatable bonds is 6. The summed E-state index contributed by atoms with van der Waals surface area (Å²) in [4.78, 5) is 44.2. The summed E-state index contributed by atoms with van der Waals surface area (Å²) in [5, 5.41) is 7.25. The van der Waals surface area contributed by atoms with Gasteiger partial charge in [0.15, 0.2) is 16.6 Å². The van der Waals surface area contributed by atoms with E-state index in [2.05, 4.69) is 20.3 Å². The molecular formula is C11H13N5O7S2. The summed E-state index contributed by atoms with van der Waals surface area (Å²) in [5.41, 5.74) is 5.23. The van der Waals surface area contributed by atoms with E-state index in [1.807, 2.05) is 0 Å². The number of ketones is 1. The molecule has 1 aromatic rings. The standard InChI is InChI=1S/C11H13N5O7S2/c1-4(17)8-7(10(19)16(8)25(20,21)22)14-9(18)6(15-23-2)5-3-24-11(12)13-5/h3,7-8H,1-2H3,(H2,12,13)(H,14,18)(H,20,21,22)/t7-,8+/m0/s1. The average Bonchev–Trinajstić information content (AvgIpc) is 2.91. The fourth-order valence-corrected chi connectivity index (χ4v) is 3.61. The summed E-state index contributed by atoms with van der Waals surface area (Å²) in [6.45, 7) is 1.01. The zero-order valence-electron chi connectivity index (χ0n) is 12.9. The predicted molar refractivity (Wildman–Crippen MR) is 84.9 cm³/mol. The molecule has 0 spiro atoms. The van der Waals surface area contributed by atoms with Gasteiger partial charge in [0.2, 0.25) is 0 Å². The third-order valence-electron chi connectivity index (χ3n) is 3.17. The number of carbonyl (C=O) groups excluding carboxylic acids is 3. The monoisotopic (exact) mass is 391 g/mol. The molecule has 1 saturated heterocycles. The number of hydrogen-bond donors (Lipinski definition) is 3. The van der Waals surface area contributed by atoms with Gasteiger partial charge in [-0.3, -0.25) is 18.9 Å². The van der Waals surface area contributed by atoms with Crippen LogP contribution in [0, 0.1) is 0 Å². The summed E-state index contributed by atoms with van der Waals surface area (Å²) in [6.07, 6.45) is 0. The molecule has 0 aromatic carbocycles. The zero-order valence-corrected chi connectivity index (χ0v) is 14.5. The molecule has 0 aliphatic carbocycles. The SMILES string of the molecule is CON=C(C(=O)N[C@@H]1C(=O)N(S(=O)(=O)O)[C@@H]1C(C)=O)c1csc(N)n1. The van der Waals surface area contributed by atoms with Gasteiger partial charge in [0, 0.05) is 5.38 Å². The smallest absolute Gasteiger partial charge is 0.363 e. The number of nitrogen functional groups attached to an aromatic ring is 1. The highest BCUT2D eigenvalue weighted by atomic mass is 32.2. The number of carbonyl (C=O) groups is 3. The van der Waals surface area contributed by atoms with Crippen LogP contribution in [0.15, 0.2) is 10.5 Å². The second-order valence-corrected chi connectivity index (χ2v) is 6.99. The number of hydrogen-bond acceptors (Lipinski definition) is 10. The van der Waals surface area contributed by atoms with E-state index in [1.54, 1.807) is 0 Å². The van der Waals surface area contributed by atoms with Crippen molar-refractivity contribution in [1.29, 1.82) is 0 Å². The lowest BCUT2D eigenvalue weighted by Gasteiger charge is -2.42. The van der Waals surface area contributed by atoms with E-state index in [4.69, 9.17) is 10.3 Å². The van der Waals surface area contributed by atoms with Gasteiger partial charge in [0.25, 0.3) is 11.8 Å². The number of aromatic nitrogens is 1. The molecule has 2 rings (SSSR count). The molecule has 14 heteroatoms. The Kier molecular flexibility index (Phi) is 5.05. The first-order valence-electron chi connectivity index (χ1n) is 6.52. The minimum atomic E-state index is -4.93. The lowest BCUT2D eigenvalue weighted by molar-refractivity contribution is -0.150. The highest BCUT2D eigenvalue weighted by molar-refractivity contribution is 7.84. The van der Waals surface area contributed by atoms with Crippen LogP contribution >= 0.6 is 11.3 Å². The Morgan fingerprint density at radius 3 is 2.60 bits per heavy atom. The van der Waals surface area contributed by atoms with Gasteiger partial charge < -0.3 is 15.9 Å². The lowest BCUT2D eigenvalue weighted by atomic mass is 9.95. The molecule has 1 fully saturated rings. The number of nitrogens with one attached hydrogen (secondary N) is 1. The lowest BCUT2D eigenvalue weighted by Crippen LogP contribution is -2.74. The Morgan fingerprint density at radius 1 is 1.52 bits per heavy atom. The minimum absolute atomic E-state index is 0.00571. The molecule has 0 bridgehead atoms. The maximum Gasteiger partial charge on any atom is 0.363 e. The van der Waals surface area contributed by atoms with Crippen LogP contribution in [0.3, 0.4) is 0 Å². The van der Waals surface area contributed by atoms with Gasteiger partial charge in [-0.05, 0) is 6.92 Å². The maximum absolute atomic E-state index is 12.3. The maximum atomic E-state index is 12.3. The first-order chi connectivity index (χ1) is 11.6. The van der Waals surface area contributed by atoms with Gasteiger partial charge in [0.1, 0.15) is 24.9 Å². The summed E-state index contributed by atoms with van der Waals surface area (Å²) < 4.78 is 31.3. The summed E-state index contributed by atoms with van der Waals surface area (Å²) >= 11 is 1.03. The quantitative estimate of drug-likeness (QED) is 0.217. The molecule has 2 atom stereocenters. The summed E-state index contributed by atoms with van der Waals surface area (Å²) in [7, 11) is -3.75. The van der Waals surface area contributed by atoms with Gasteiger partial charge in [-0.15, -0.1) is 11.3 Å². The number of Topliss-reactive ketones (excluding diaryl/α,β-unsaturated/α-hetero) is 1. The zero-order chi connectivity index (χ0) is 18.9. The first-order valence-corrected chi connectivity index (χ1v) is 8.80. The third kappa shape index (κ3) is 3.59. The van der Waals surface area contributed by atoms with Crippen molar-refractivity contribution in [3.05, 3.63) is 11.1 Å². The van der Waals surface area contributed by atoms with Crippen molar-refractivity contribution in [2.24, 2.45) is 5.16 Å². The average molecular weight is 391 g/mol. The third-order valence-corrected chi connectivity index (χ3v) is 4.74. The van der Waals surface area contributed by atoms with Crippen molar-refractivity contribution in [3.8, 4) is 0 Å². The fraction of sp³-hybridized carbons (Fsp3) is 0.364. The Balaban J connectivity index is 2.25. The van der Waals surface area contributed by atoms with Gasteiger partial charge in [0.05, 0.1) is 0 Å². The van der Waals surface area contributed by atoms with Crippen molar-refractivity contribution in [2.45, 2.75) is 19.0 Å². The van der Waals surface area contributed by atoms with Crippen molar-refractivity contribution in [2.75, 3.05) is 12.8 Å². The molecule has 1 aliphatic heterocycles. The molecule has 2 heterocycles. The van der Waals surface area contributed by atoms with Gasteiger partial charge in [-0.1, -0.05) is 5.16 Å². The van der Waals surface area contributed by atoms with Crippen LogP contribution in [0.4, 0.5) is 5.13 Å². The van der Waals surface area contributed by atoms with E-state index in [-0.39, 0.29) is 20.8 Å². The Labute approximate surface area is 145 Å². The van der Waals surface area contributed by atoms with Gasteiger partial charge in [-0.2, -0.15) is 8.42 Å². The molecule has 0 radical (unpaired) electrons. The summed E-state index contributed by atoms with van der Waals surface area (Å²) in [6, 6.07) is -3.04. The summed E-state index contributed by atoms with van der Waals surface area (Å²) in [5.74, 6) is -2.84. The number of thiazole rings is 1. The van der Waals surface area contributed by atoms with E-state index >= 15 is 0 Å². The van der Waals surface area contributed by atoms with Crippen LogP contribution in [0.5, 0.6) is 0 Å². The molecule has 0 unspecified atom stereocenters. The van der Waals surface area contributed by atoms with Crippen LogP contribution in [0.1, 0.15) is 12.6 Å². The number of β-lactam (4-membered cyclic amide) rings is 1. The van der Waals surface area contributed by atoms with Gasteiger partial charge >= 0.3 is 10.3 Å². The van der Waals surface area contributed by atoms with E-state index in [0.29, 0.717) is 0 Å². The van der Waals surface area contributed by atoms with Crippen molar-refractivity contribution in [3.63, 3.8) is 0 Å². The number of oxime groups is 1. The molecule has 136 valence electrons. The van der Waals surface area contributed by atoms with Crippen LogP contribution in [0.2, 0.25) is 0 Å². The van der Waals surface area contributed by atoms with E-state index < -0.39 is 40.0 Å². The molecular weight excluding hydrogens is 378 g/mol. The fourth-order valence-electron chi connectivity index (χ4n) is 2.16. The Hall–Kier alpha value is -2.58. The topological polar surface area (TPSA) is 181 Å². The Bertz CT molecular complexity index is 862. The highest BCUT2D eigenvalue weighted by Crippen LogP contribution is 2.24. The van der Waals surface area contributed by atoms with E-state index in [0.717, 1.165) is 18.3 Å². The van der Waals surface area contributed by atoms with Crippen LogP contribution < -0.4 is 11.1 Å².